The molecule has 50 heavy (non-hydrogen) atoms. The average molecular weight is 641 g/mol. The van der Waals surface area contributed by atoms with E-state index in [4.69, 9.17) is 19.4 Å². The first-order valence-corrected chi connectivity index (χ1v) is 16.7. The van der Waals surface area contributed by atoms with E-state index >= 15 is 0 Å². The van der Waals surface area contributed by atoms with Gasteiger partial charge in [0, 0.05) is 38.2 Å². The van der Waals surface area contributed by atoms with Crippen molar-refractivity contribution in [2.24, 2.45) is 0 Å². The van der Waals surface area contributed by atoms with Crippen molar-refractivity contribution >= 4 is 43.7 Å². The fourth-order valence-electron chi connectivity index (χ4n) is 7.08. The molecule has 0 atom stereocenters. The molecule has 0 bridgehead atoms. The normalized spacial score (nSPS) is 11.6. The highest BCUT2D eigenvalue weighted by Gasteiger charge is 2.19. The molecule has 0 amide bonds. The third-order valence-electron chi connectivity index (χ3n) is 9.49. The monoisotopic (exact) mass is 640 g/mol. The molecule has 5 nitrogen and oxygen atoms in total. The van der Waals surface area contributed by atoms with Gasteiger partial charge in [-0.1, -0.05) is 146 Å². The topological polar surface area (TPSA) is 56.7 Å². The maximum absolute atomic E-state index is 6.42. The maximum atomic E-state index is 6.42. The van der Waals surface area contributed by atoms with Crippen LogP contribution in [0, 0.1) is 0 Å². The average Bonchev–Trinajstić information content (AvgIpc) is 3.74. The van der Waals surface area contributed by atoms with Crippen LogP contribution in [0.5, 0.6) is 0 Å². The van der Waals surface area contributed by atoms with Crippen molar-refractivity contribution < 1.29 is 4.42 Å². The number of nitrogens with zero attached hydrogens (tertiary/aromatic N) is 4. The fourth-order valence-corrected chi connectivity index (χ4v) is 7.08. The Balaban J connectivity index is 1.17. The zero-order valence-electron chi connectivity index (χ0n) is 26.9. The molecule has 7 aromatic carbocycles. The van der Waals surface area contributed by atoms with Crippen LogP contribution in [0.4, 0.5) is 0 Å². The summed E-state index contributed by atoms with van der Waals surface area (Å²) in [6, 6.07) is 58.6. The van der Waals surface area contributed by atoms with Crippen molar-refractivity contribution in [3.63, 3.8) is 0 Å². The van der Waals surface area contributed by atoms with Gasteiger partial charge in [-0.05, 0) is 41.0 Å². The molecule has 0 saturated carbocycles. The van der Waals surface area contributed by atoms with Crippen LogP contribution in [0.3, 0.4) is 0 Å². The van der Waals surface area contributed by atoms with Crippen LogP contribution < -0.4 is 0 Å². The van der Waals surface area contributed by atoms with Crippen molar-refractivity contribution in [1.29, 1.82) is 0 Å². The quantitative estimate of drug-likeness (QED) is 0.188. The highest BCUT2D eigenvalue weighted by molar-refractivity contribution is 6.13. The van der Waals surface area contributed by atoms with Crippen LogP contribution in [0.2, 0.25) is 0 Å². The Hall–Kier alpha value is -6.85. The Labute approximate surface area is 287 Å². The van der Waals surface area contributed by atoms with Gasteiger partial charge in [0.2, 0.25) is 5.95 Å². The van der Waals surface area contributed by atoms with Crippen molar-refractivity contribution in [2.45, 2.75) is 0 Å². The number of rotatable bonds is 5. The summed E-state index contributed by atoms with van der Waals surface area (Å²) < 4.78 is 8.58. The van der Waals surface area contributed by atoms with Gasteiger partial charge in [0.1, 0.15) is 11.2 Å². The van der Waals surface area contributed by atoms with Gasteiger partial charge in [-0.2, -0.15) is 9.97 Å². The van der Waals surface area contributed by atoms with E-state index in [1.54, 1.807) is 0 Å². The van der Waals surface area contributed by atoms with Crippen LogP contribution in [-0.2, 0) is 0 Å². The predicted octanol–water partition coefficient (Wildman–Crippen LogP) is 11.5. The lowest BCUT2D eigenvalue weighted by atomic mass is 10.0. The molecule has 0 aliphatic carbocycles. The van der Waals surface area contributed by atoms with Crippen LogP contribution in [-0.4, -0.2) is 19.5 Å². The molecular formula is C45H28N4O. The molecule has 234 valence electrons. The van der Waals surface area contributed by atoms with Crippen LogP contribution in [0.1, 0.15) is 0 Å². The molecule has 0 spiro atoms. The number of fused-ring (bicyclic) bond motifs is 6. The predicted molar refractivity (Wildman–Crippen MR) is 203 cm³/mol. The summed E-state index contributed by atoms with van der Waals surface area (Å²) in [6.07, 6.45) is 0. The second-order valence-corrected chi connectivity index (χ2v) is 12.5. The van der Waals surface area contributed by atoms with Crippen molar-refractivity contribution in [2.75, 3.05) is 0 Å². The summed E-state index contributed by atoms with van der Waals surface area (Å²) in [6.45, 7) is 0. The smallest absolute Gasteiger partial charge is 0.238 e. The minimum Gasteiger partial charge on any atom is -0.455 e. The Kier molecular flexibility index (Phi) is 6.42. The van der Waals surface area contributed by atoms with Gasteiger partial charge < -0.3 is 4.42 Å². The van der Waals surface area contributed by atoms with E-state index in [1.807, 2.05) is 48.5 Å². The van der Waals surface area contributed by atoms with Gasteiger partial charge in [-0.3, -0.25) is 4.57 Å². The lowest BCUT2D eigenvalue weighted by molar-refractivity contribution is 0.670. The third kappa shape index (κ3) is 4.60. The number of hydrogen-bond acceptors (Lipinski definition) is 4. The summed E-state index contributed by atoms with van der Waals surface area (Å²) in [5, 5.41) is 4.47. The molecule has 0 fully saturated rings. The summed E-state index contributed by atoms with van der Waals surface area (Å²) in [4.78, 5) is 15.3. The molecule has 5 heteroatoms. The first kappa shape index (κ1) is 28.2. The van der Waals surface area contributed by atoms with E-state index in [0.717, 1.165) is 71.6 Å². The summed E-state index contributed by atoms with van der Waals surface area (Å²) >= 11 is 0. The molecule has 0 N–H and O–H groups in total. The molecule has 0 aliphatic rings. The second-order valence-electron chi connectivity index (χ2n) is 12.5. The summed E-state index contributed by atoms with van der Waals surface area (Å²) in [7, 11) is 0. The zero-order valence-corrected chi connectivity index (χ0v) is 26.9. The molecule has 0 saturated heterocycles. The van der Waals surface area contributed by atoms with E-state index in [-0.39, 0.29) is 0 Å². The SMILES string of the molecule is c1ccc(-c2ccc(-c3nc(-c4ccccc4)nc(-n4c5ccccc5c5cc(-c6cccc7c6oc6ccccc67)ccc54)n3)cc2)cc1. The molecular weight excluding hydrogens is 613 g/mol. The molecule has 0 aliphatic heterocycles. The van der Waals surface area contributed by atoms with Crippen LogP contribution >= 0.6 is 0 Å². The van der Waals surface area contributed by atoms with Gasteiger partial charge in [-0.25, -0.2) is 4.98 Å². The molecule has 3 heterocycles. The fraction of sp³-hybridized carbons (Fsp3) is 0. The van der Waals surface area contributed by atoms with Gasteiger partial charge in [-0.15, -0.1) is 0 Å². The maximum Gasteiger partial charge on any atom is 0.238 e. The van der Waals surface area contributed by atoms with Gasteiger partial charge in [0.05, 0.1) is 11.0 Å². The van der Waals surface area contributed by atoms with E-state index in [2.05, 4.69) is 126 Å². The number of para-hydroxylation sites is 3. The van der Waals surface area contributed by atoms with Crippen molar-refractivity contribution in [1.82, 2.24) is 19.5 Å². The van der Waals surface area contributed by atoms with E-state index in [1.165, 1.54) is 5.56 Å². The highest BCUT2D eigenvalue weighted by Crippen LogP contribution is 2.39. The summed E-state index contributed by atoms with van der Waals surface area (Å²) in [5.74, 6) is 1.81. The van der Waals surface area contributed by atoms with Gasteiger partial charge >= 0.3 is 0 Å². The Morgan fingerprint density at radius 2 is 0.940 bits per heavy atom. The molecule has 10 rings (SSSR count). The summed E-state index contributed by atoms with van der Waals surface area (Å²) in [5.41, 5.74) is 10.1. The lowest BCUT2D eigenvalue weighted by Crippen LogP contribution is -2.06. The molecule has 10 aromatic rings. The minimum absolute atomic E-state index is 0.569. The third-order valence-corrected chi connectivity index (χ3v) is 9.49. The van der Waals surface area contributed by atoms with Crippen molar-refractivity contribution in [3.8, 4) is 51.0 Å². The zero-order chi connectivity index (χ0) is 33.0. The number of furan rings is 1. The van der Waals surface area contributed by atoms with E-state index in [9.17, 15) is 0 Å². The highest BCUT2D eigenvalue weighted by atomic mass is 16.3. The molecule has 0 unspecified atom stereocenters. The number of hydrogen-bond donors (Lipinski definition) is 0. The van der Waals surface area contributed by atoms with E-state index < -0.39 is 0 Å². The first-order chi connectivity index (χ1) is 24.8. The lowest BCUT2D eigenvalue weighted by Gasteiger charge is -2.11. The minimum atomic E-state index is 0.569. The van der Waals surface area contributed by atoms with Gasteiger partial charge in [0.15, 0.2) is 11.6 Å². The standard InChI is InChI=1S/C45H28N4O/c1-3-12-29(13-4-1)30-22-24-32(25-23-30)44-46-43(31-14-5-2-6-15-31)47-45(48-44)49-39-20-9-7-16-35(39)38-28-33(26-27-40(38)49)34-18-11-19-37-36-17-8-10-21-41(36)50-42(34)37/h1-28H. The Morgan fingerprint density at radius 1 is 0.380 bits per heavy atom. The van der Waals surface area contributed by atoms with Crippen LogP contribution in [0.25, 0.3) is 94.7 Å². The number of benzene rings is 7. The van der Waals surface area contributed by atoms with Crippen molar-refractivity contribution in [3.05, 3.63) is 170 Å². The molecule has 3 aromatic heterocycles. The Bertz CT molecular complexity index is 2850. The van der Waals surface area contributed by atoms with Gasteiger partial charge in [0.25, 0.3) is 0 Å². The largest absolute Gasteiger partial charge is 0.455 e. The van der Waals surface area contributed by atoms with Crippen LogP contribution in [0.15, 0.2) is 174 Å². The van der Waals surface area contributed by atoms with E-state index in [0.29, 0.717) is 17.6 Å². The second kappa shape index (κ2) is 11.4. The Morgan fingerprint density at radius 3 is 1.72 bits per heavy atom. The number of aromatic nitrogens is 4. The molecule has 0 radical (unpaired) electrons. The first-order valence-electron chi connectivity index (χ1n) is 16.7.